The Bertz CT molecular complexity index is 117. The van der Waals surface area contributed by atoms with Crippen molar-refractivity contribution >= 4 is 0 Å². The number of allylic oxidation sites excluding steroid dienone is 1. The maximum absolute atomic E-state index is 8.41. The summed E-state index contributed by atoms with van der Waals surface area (Å²) < 4.78 is 10.4. The quantitative estimate of drug-likeness (QED) is 0.612. The minimum atomic E-state index is -0.0154. The molecule has 0 aliphatic carbocycles. The van der Waals surface area contributed by atoms with Crippen molar-refractivity contribution in [2.75, 3.05) is 19.8 Å². The maximum atomic E-state index is 8.41. The highest BCUT2D eigenvalue weighted by Crippen LogP contribution is 2.09. The number of hydrogen-bond acceptors (Lipinski definition) is 3. The van der Waals surface area contributed by atoms with Crippen molar-refractivity contribution in [1.82, 2.24) is 0 Å². The second-order valence-electron chi connectivity index (χ2n) is 2.40. The third kappa shape index (κ3) is 3.51. The lowest BCUT2D eigenvalue weighted by molar-refractivity contribution is -0.0457. The van der Waals surface area contributed by atoms with E-state index in [0.29, 0.717) is 13.2 Å². The van der Waals surface area contributed by atoms with Crippen LogP contribution in [0.2, 0.25) is 0 Å². The second kappa shape index (κ2) is 5.29. The molecule has 1 aliphatic heterocycles. The Hall–Kier alpha value is -0.380. The van der Waals surface area contributed by atoms with Gasteiger partial charge in [-0.05, 0) is 6.42 Å². The van der Waals surface area contributed by atoms with Crippen LogP contribution in [0.3, 0.4) is 0 Å². The molecule has 0 bridgehead atoms. The average molecular weight is 158 g/mol. The molecule has 0 saturated carbocycles. The van der Waals surface area contributed by atoms with Crippen LogP contribution >= 0.6 is 0 Å². The molecule has 1 heterocycles. The standard InChI is InChI=1S/C8H14O3/c9-5-3-1-2-4-8-10-6-7-11-8/h1,3,8-9H,2,4-7H2/b3-1+. The van der Waals surface area contributed by atoms with Gasteiger partial charge in [0.25, 0.3) is 0 Å². The molecule has 1 fully saturated rings. The van der Waals surface area contributed by atoms with Gasteiger partial charge in [-0.25, -0.2) is 0 Å². The van der Waals surface area contributed by atoms with Gasteiger partial charge >= 0.3 is 0 Å². The highest BCUT2D eigenvalue weighted by Gasteiger charge is 2.13. The van der Waals surface area contributed by atoms with Crippen molar-refractivity contribution < 1.29 is 14.6 Å². The Kier molecular flexibility index (Phi) is 4.19. The van der Waals surface area contributed by atoms with Gasteiger partial charge in [0.05, 0.1) is 19.8 Å². The Morgan fingerprint density at radius 3 is 2.64 bits per heavy atom. The third-order valence-corrected chi connectivity index (χ3v) is 1.53. The Morgan fingerprint density at radius 2 is 2.00 bits per heavy atom. The van der Waals surface area contributed by atoms with E-state index in [0.717, 1.165) is 12.8 Å². The molecule has 1 N–H and O–H groups in total. The maximum Gasteiger partial charge on any atom is 0.158 e. The van der Waals surface area contributed by atoms with Gasteiger partial charge in [0, 0.05) is 6.42 Å². The van der Waals surface area contributed by atoms with E-state index in [2.05, 4.69) is 0 Å². The van der Waals surface area contributed by atoms with E-state index in [9.17, 15) is 0 Å². The van der Waals surface area contributed by atoms with E-state index in [4.69, 9.17) is 14.6 Å². The van der Waals surface area contributed by atoms with Crippen LogP contribution in [-0.4, -0.2) is 31.2 Å². The molecule has 0 atom stereocenters. The molecule has 64 valence electrons. The monoisotopic (exact) mass is 158 g/mol. The summed E-state index contributed by atoms with van der Waals surface area (Å²) in [7, 11) is 0. The van der Waals surface area contributed by atoms with Crippen molar-refractivity contribution in [3.63, 3.8) is 0 Å². The van der Waals surface area contributed by atoms with Gasteiger partial charge in [-0.1, -0.05) is 12.2 Å². The van der Waals surface area contributed by atoms with Crippen molar-refractivity contribution in [3.05, 3.63) is 12.2 Å². The van der Waals surface area contributed by atoms with Gasteiger partial charge in [-0.2, -0.15) is 0 Å². The van der Waals surface area contributed by atoms with Crippen molar-refractivity contribution in [3.8, 4) is 0 Å². The van der Waals surface area contributed by atoms with Crippen LogP contribution < -0.4 is 0 Å². The molecule has 1 rings (SSSR count). The summed E-state index contributed by atoms with van der Waals surface area (Å²) in [5.41, 5.74) is 0. The molecule has 0 amide bonds. The Labute approximate surface area is 66.6 Å². The molecule has 11 heavy (non-hydrogen) atoms. The van der Waals surface area contributed by atoms with Crippen LogP contribution in [0.4, 0.5) is 0 Å². The van der Waals surface area contributed by atoms with Crippen molar-refractivity contribution in [1.29, 1.82) is 0 Å². The lowest BCUT2D eigenvalue weighted by Gasteiger charge is -2.05. The number of ether oxygens (including phenoxy) is 2. The first-order valence-corrected chi connectivity index (χ1v) is 3.92. The van der Waals surface area contributed by atoms with E-state index in [1.54, 1.807) is 6.08 Å². The van der Waals surface area contributed by atoms with Crippen molar-refractivity contribution in [2.45, 2.75) is 19.1 Å². The van der Waals surface area contributed by atoms with Gasteiger partial charge < -0.3 is 14.6 Å². The molecule has 3 heteroatoms. The molecular formula is C8H14O3. The number of aliphatic hydroxyl groups excluding tert-OH is 1. The van der Waals surface area contributed by atoms with E-state index in [-0.39, 0.29) is 12.9 Å². The van der Waals surface area contributed by atoms with E-state index >= 15 is 0 Å². The Morgan fingerprint density at radius 1 is 1.27 bits per heavy atom. The second-order valence-corrected chi connectivity index (χ2v) is 2.40. The van der Waals surface area contributed by atoms with Crippen LogP contribution in [0.15, 0.2) is 12.2 Å². The molecule has 0 radical (unpaired) electrons. The minimum absolute atomic E-state index is 0.0154. The summed E-state index contributed by atoms with van der Waals surface area (Å²) in [4.78, 5) is 0. The van der Waals surface area contributed by atoms with Crippen LogP contribution in [0.5, 0.6) is 0 Å². The first kappa shape index (κ1) is 8.71. The van der Waals surface area contributed by atoms with Gasteiger partial charge in [0.1, 0.15) is 0 Å². The lowest BCUT2D eigenvalue weighted by atomic mass is 10.3. The van der Waals surface area contributed by atoms with Gasteiger partial charge in [-0.15, -0.1) is 0 Å². The predicted molar refractivity (Wildman–Crippen MR) is 41.2 cm³/mol. The van der Waals surface area contributed by atoms with E-state index in [1.807, 2.05) is 6.08 Å². The normalized spacial score (nSPS) is 20.1. The molecule has 0 spiro atoms. The third-order valence-electron chi connectivity index (χ3n) is 1.53. The summed E-state index contributed by atoms with van der Waals surface area (Å²) in [6, 6.07) is 0. The van der Waals surface area contributed by atoms with E-state index < -0.39 is 0 Å². The summed E-state index contributed by atoms with van der Waals surface area (Å²) in [5, 5.41) is 8.41. The molecule has 1 aliphatic rings. The smallest absolute Gasteiger partial charge is 0.158 e. The topological polar surface area (TPSA) is 38.7 Å². The summed E-state index contributed by atoms with van der Waals surface area (Å²) >= 11 is 0. The number of rotatable bonds is 4. The van der Waals surface area contributed by atoms with Crippen LogP contribution in [-0.2, 0) is 9.47 Å². The summed E-state index contributed by atoms with van der Waals surface area (Å²) in [6.07, 6.45) is 5.44. The summed E-state index contributed by atoms with van der Waals surface area (Å²) in [5.74, 6) is 0. The number of aliphatic hydroxyl groups is 1. The first-order valence-electron chi connectivity index (χ1n) is 3.92. The van der Waals surface area contributed by atoms with E-state index in [1.165, 1.54) is 0 Å². The average Bonchev–Trinajstić information content (AvgIpc) is 2.50. The zero-order valence-corrected chi connectivity index (χ0v) is 6.53. The van der Waals surface area contributed by atoms with Crippen LogP contribution in [0, 0.1) is 0 Å². The van der Waals surface area contributed by atoms with Gasteiger partial charge in [-0.3, -0.25) is 0 Å². The molecule has 0 aromatic carbocycles. The van der Waals surface area contributed by atoms with Crippen LogP contribution in [0.25, 0.3) is 0 Å². The molecule has 0 aromatic rings. The highest BCUT2D eigenvalue weighted by molar-refractivity contribution is 4.80. The summed E-state index contributed by atoms with van der Waals surface area (Å²) in [6.45, 7) is 1.55. The predicted octanol–water partition coefficient (Wildman–Crippen LogP) is 0.688. The van der Waals surface area contributed by atoms with Gasteiger partial charge in [0.15, 0.2) is 6.29 Å². The van der Waals surface area contributed by atoms with Crippen molar-refractivity contribution in [2.24, 2.45) is 0 Å². The fourth-order valence-corrected chi connectivity index (χ4v) is 0.999. The molecular weight excluding hydrogens is 144 g/mol. The first-order chi connectivity index (χ1) is 5.43. The van der Waals surface area contributed by atoms with Crippen LogP contribution in [0.1, 0.15) is 12.8 Å². The molecule has 0 aromatic heterocycles. The highest BCUT2D eigenvalue weighted by atomic mass is 16.7. The minimum Gasteiger partial charge on any atom is -0.392 e. The SMILES string of the molecule is OC/C=C/CCC1OCCO1. The largest absolute Gasteiger partial charge is 0.392 e. The van der Waals surface area contributed by atoms with Gasteiger partial charge in [0.2, 0.25) is 0 Å². The molecule has 0 unspecified atom stereocenters. The number of hydrogen-bond donors (Lipinski definition) is 1. The molecule has 3 nitrogen and oxygen atoms in total. The molecule has 1 saturated heterocycles. The fraction of sp³-hybridized carbons (Fsp3) is 0.750. The lowest BCUT2D eigenvalue weighted by Crippen LogP contribution is -2.05. The zero-order chi connectivity index (χ0) is 7.94. The Balaban J connectivity index is 1.97. The fourth-order valence-electron chi connectivity index (χ4n) is 0.999. The zero-order valence-electron chi connectivity index (χ0n) is 6.53.